The second kappa shape index (κ2) is 8.16. The molecule has 3 aromatic heterocycles. The maximum Gasteiger partial charge on any atom is 0.490 e. The zero-order valence-corrected chi connectivity index (χ0v) is 13.3. The lowest BCUT2D eigenvalue weighted by molar-refractivity contribution is -0.192. The van der Waals surface area contributed by atoms with Crippen molar-refractivity contribution < 1.29 is 37.4 Å². The summed E-state index contributed by atoms with van der Waals surface area (Å²) in [6, 6.07) is 1.42. The molecule has 0 spiro atoms. The van der Waals surface area contributed by atoms with E-state index in [2.05, 4.69) is 20.3 Å². The van der Waals surface area contributed by atoms with Crippen LogP contribution in [0.2, 0.25) is 0 Å². The van der Waals surface area contributed by atoms with Crippen LogP contribution in [0.5, 0.6) is 0 Å². The molecule has 3 heterocycles. The van der Waals surface area contributed by atoms with E-state index in [0.717, 1.165) is 0 Å². The number of carbonyl (C=O) groups is 2. The molecule has 3 rings (SSSR count). The molecule has 0 aliphatic rings. The van der Waals surface area contributed by atoms with Crippen molar-refractivity contribution in [3.8, 4) is 0 Å². The number of aromatic carboxylic acids is 1. The third-order valence-corrected chi connectivity index (χ3v) is 2.96. The Morgan fingerprint density at radius 3 is 2.48 bits per heavy atom. The average molecular weight is 387 g/mol. The first-order valence-corrected chi connectivity index (χ1v) is 7.18. The molecule has 0 unspecified atom stereocenters. The number of hydrogen-bond acceptors (Lipinski definition) is 7. The molecule has 3 N–H and O–H groups in total. The molecule has 0 aliphatic carbocycles. The number of imidazole rings is 1. The topological polar surface area (TPSA) is 143 Å². The maximum atomic E-state index is 11.0. The Kier molecular flexibility index (Phi) is 5.95. The molecule has 0 radical (unpaired) electrons. The lowest BCUT2D eigenvalue weighted by Crippen LogP contribution is -2.21. The van der Waals surface area contributed by atoms with Gasteiger partial charge in [-0.2, -0.15) is 13.2 Å². The van der Waals surface area contributed by atoms with E-state index in [1.807, 2.05) is 0 Å². The number of rotatable bonds is 5. The van der Waals surface area contributed by atoms with Gasteiger partial charge < -0.3 is 19.9 Å². The number of nitrogens with zero attached hydrogens (tertiary/aromatic N) is 4. The fourth-order valence-corrected chi connectivity index (χ4v) is 1.82. The normalized spacial score (nSPS) is 10.9. The first kappa shape index (κ1) is 19.7. The molecule has 13 heteroatoms. The smallest absolute Gasteiger partial charge is 0.477 e. The van der Waals surface area contributed by atoms with Gasteiger partial charge in [-0.1, -0.05) is 0 Å². The fraction of sp³-hybridized carbons (Fsp3) is 0.214. The number of aliphatic carboxylic acids is 1. The molecule has 0 amide bonds. The van der Waals surface area contributed by atoms with E-state index in [1.54, 1.807) is 23.0 Å². The van der Waals surface area contributed by atoms with E-state index in [0.29, 0.717) is 30.5 Å². The molecule has 0 saturated heterocycles. The van der Waals surface area contributed by atoms with Gasteiger partial charge in [0.15, 0.2) is 11.6 Å². The molecule has 0 aromatic carbocycles. The van der Waals surface area contributed by atoms with Gasteiger partial charge >= 0.3 is 18.1 Å². The summed E-state index contributed by atoms with van der Waals surface area (Å²) in [4.78, 5) is 32.0. The van der Waals surface area contributed by atoms with E-state index in [9.17, 15) is 18.0 Å². The van der Waals surface area contributed by atoms with Gasteiger partial charge in [-0.25, -0.2) is 24.5 Å². The molecule has 27 heavy (non-hydrogen) atoms. The Morgan fingerprint density at radius 2 is 1.93 bits per heavy atom. The molecule has 0 atom stereocenters. The number of fused-ring (bicyclic) bond motifs is 1. The second-order valence-electron chi connectivity index (χ2n) is 4.83. The van der Waals surface area contributed by atoms with Gasteiger partial charge in [0.2, 0.25) is 5.95 Å². The maximum absolute atomic E-state index is 11.0. The van der Waals surface area contributed by atoms with Gasteiger partial charge in [-0.15, -0.1) is 0 Å². The van der Waals surface area contributed by atoms with E-state index in [4.69, 9.17) is 19.4 Å². The lowest BCUT2D eigenvalue weighted by Gasteiger charge is -2.07. The van der Waals surface area contributed by atoms with Gasteiger partial charge in [0.25, 0.3) is 0 Å². The highest BCUT2D eigenvalue weighted by molar-refractivity contribution is 5.87. The summed E-state index contributed by atoms with van der Waals surface area (Å²) in [7, 11) is 0. The lowest BCUT2D eigenvalue weighted by atomic mass is 10.4. The van der Waals surface area contributed by atoms with E-state index in [-0.39, 0.29) is 5.69 Å². The van der Waals surface area contributed by atoms with Crippen molar-refractivity contribution in [3.63, 3.8) is 0 Å². The van der Waals surface area contributed by atoms with Gasteiger partial charge in [0, 0.05) is 31.4 Å². The van der Waals surface area contributed by atoms with Crippen molar-refractivity contribution in [2.24, 2.45) is 0 Å². The van der Waals surface area contributed by atoms with Crippen molar-refractivity contribution in [1.82, 2.24) is 19.4 Å². The van der Waals surface area contributed by atoms with Crippen molar-refractivity contribution in [1.29, 1.82) is 0 Å². The van der Waals surface area contributed by atoms with Crippen LogP contribution in [0.1, 0.15) is 16.4 Å². The largest absolute Gasteiger partial charge is 0.490 e. The van der Waals surface area contributed by atoms with Crippen LogP contribution >= 0.6 is 0 Å². The van der Waals surface area contributed by atoms with Gasteiger partial charge in [-0.3, -0.25) is 4.40 Å². The number of alkyl halides is 3. The summed E-state index contributed by atoms with van der Waals surface area (Å²) < 4.78 is 38.5. The number of halogens is 3. The van der Waals surface area contributed by atoms with Crippen LogP contribution < -0.4 is 5.32 Å². The quantitative estimate of drug-likeness (QED) is 0.596. The number of carboxylic acids is 2. The number of hydrogen-bond donors (Lipinski definition) is 3. The molecular formula is C14H12F3N5O5. The van der Waals surface area contributed by atoms with E-state index in [1.165, 1.54) is 12.3 Å². The van der Waals surface area contributed by atoms with E-state index >= 15 is 0 Å². The molecule has 0 aliphatic heterocycles. The molecule has 0 bridgehead atoms. The third kappa shape index (κ3) is 5.42. The number of carboxylic acid groups (broad SMARTS) is 2. The number of oxazole rings is 1. The molecule has 144 valence electrons. The predicted molar refractivity (Wildman–Crippen MR) is 82.3 cm³/mol. The summed E-state index contributed by atoms with van der Waals surface area (Å²) in [5.41, 5.74) is 0.471. The monoisotopic (exact) mass is 387 g/mol. The highest BCUT2D eigenvalue weighted by Crippen LogP contribution is 2.13. The zero-order valence-electron chi connectivity index (χ0n) is 13.3. The number of anilines is 1. The summed E-state index contributed by atoms with van der Waals surface area (Å²) in [6.07, 6.45) is 1.87. The van der Waals surface area contributed by atoms with Crippen LogP contribution in [0.4, 0.5) is 19.1 Å². The second-order valence-corrected chi connectivity index (χ2v) is 4.83. The molecule has 10 nitrogen and oxygen atoms in total. The Bertz CT molecular complexity index is 923. The third-order valence-electron chi connectivity index (χ3n) is 2.96. The van der Waals surface area contributed by atoms with Crippen LogP contribution in [-0.2, 0) is 11.2 Å². The number of aromatic nitrogens is 4. The Morgan fingerprint density at radius 1 is 1.22 bits per heavy atom. The van der Waals surface area contributed by atoms with Crippen molar-refractivity contribution >= 4 is 23.5 Å². The Hall–Kier alpha value is -3.64. The van der Waals surface area contributed by atoms with Gasteiger partial charge in [-0.05, 0) is 0 Å². The van der Waals surface area contributed by atoms with Crippen molar-refractivity contribution in [2.75, 3.05) is 11.9 Å². The Labute approximate surface area is 148 Å². The Balaban J connectivity index is 0.000000321. The van der Waals surface area contributed by atoms with Crippen LogP contribution in [0.15, 0.2) is 35.3 Å². The summed E-state index contributed by atoms with van der Waals surface area (Å²) >= 11 is 0. The van der Waals surface area contributed by atoms with Crippen LogP contribution in [0.3, 0.4) is 0 Å². The summed E-state index contributed by atoms with van der Waals surface area (Å²) in [5, 5.41) is 19.2. The SMILES string of the molecule is O=C(O)C(F)(F)F.O=C(O)c1cc2nccn2c(NCCc2ncco2)n1. The van der Waals surface area contributed by atoms with Crippen LogP contribution in [-0.4, -0.2) is 54.2 Å². The van der Waals surface area contributed by atoms with Crippen molar-refractivity contribution in [3.05, 3.63) is 42.5 Å². The first-order chi connectivity index (χ1) is 12.7. The predicted octanol–water partition coefficient (Wildman–Crippen LogP) is 1.70. The fourth-order valence-electron chi connectivity index (χ4n) is 1.82. The molecule has 0 saturated carbocycles. The van der Waals surface area contributed by atoms with Crippen LogP contribution in [0.25, 0.3) is 5.65 Å². The number of nitrogens with one attached hydrogen (secondary N) is 1. The first-order valence-electron chi connectivity index (χ1n) is 7.18. The van der Waals surface area contributed by atoms with Gasteiger partial charge in [0.05, 0.1) is 6.20 Å². The minimum Gasteiger partial charge on any atom is -0.477 e. The molecular weight excluding hydrogens is 375 g/mol. The minimum atomic E-state index is -5.08. The van der Waals surface area contributed by atoms with E-state index < -0.39 is 18.1 Å². The molecule has 0 fully saturated rings. The minimum absolute atomic E-state index is 0.0534. The highest BCUT2D eigenvalue weighted by atomic mass is 19.4. The van der Waals surface area contributed by atoms with Gasteiger partial charge in [0.1, 0.15) is 11.9 Å². The highest BCUT2D eigenvalue weighted by Gasteiger charge is 2.38. The summed E-state index contributed by atoms with van der Waals surface area (Å²) in [5.74, 6) is -2.82. The standard InChI is InChI=1S/C12H11N5O3.C2HF3O2/c18-11(19)8-7-9-13-3-5-17(9)12(16-8)15-2-1-10-14-4-6-20-10;3-2(4,5)1(6)7/h3-7H,1-2H2,(H,15,16)(H,18,19);(H,6,7). The van der Waals surface area contributed by atoms with Crippen LogP contribution in [0, 0.1) is 0 Å². The molecule has 3 aromatic rings. The zero-order chi connectivity index (χ0) is 20.0. The summed E-state index contributed by atoms with van der Waals surface area (Å²) in [6.45, 7) is 0.518. The average Bonchev–Trinajstić information content (AvgIpc) is 3.25. The van der Waals surface area contributed by atoms with Crippen molar-refractivity contribution in [2.45, 2.75) is 12.6 Å².